The Labute approximate surface area is 135 Å². The number of amides is 1. The van der Waals surface area contributed by atoms with Gasteiger partial charge < -0.3 is 10.1 Å². The average molecular weight is 318 g/mol. The van der Waals surface area contributed by atoms with Gasteiger partial charge in [0.1, 0.15) is 5.75 Å². The van der Waals surface area contributed by atoms with Gasteiger partial charge in [-0.3, -0.25) is 4.79 Å². The van der Waals surface area contributed by atoms with Crippen molar-refractivity contribution >= 4 is 22.4 Å². The number of methoxy groups -OCH3 is 1. The van der Waals surface area contributed by atoms with E-state index in [1.165, 1.54) is 11.3 Å². The number of nitrogens with one attached hydrogen (secondary N) is 1. The van der Waals surface area contributed by atoms with Crippen LogP contribution in [0.3, 0.4) is 0 Å². The van der Waals surface area contributed by atoms with Crippen molar-refractivity contribution in [1.82, 2.24) is 4.98 Å². The number of aromatic nitrogens is 1. The van der Waals surface area contributed by atoms with Crippen LogP contribution in [0.4, 0.5) is 5.13 Å². The van der Waals surface area contributed by atoms with E-state index in [4.69, 9.17) is 4.74 Å². The zero-order chi connectivity index (χ0) is 16.2. The number of hydrogen-bond acceptors (Lipinski definition) is 4. The second-order valence-electron chi connectivity index (χ2n) is 6.18. The van der Waals surface area contributed by atoms with Gasteiger partial charge in [0.25, 0.3) is 0 Å². The van der Waals surface area contributed by atoms with Crippen molar-refractivity contribution < 1.29 is 9.53 Å². The van der Waals surface area contributed by atoms with Crippen LogP contribution in [-0.2, 0) is 16.6 Å². The van der Waals surface area contributed by atoms with Gasteiger partial charge in [0.2, 0.25) is 5.91 Å². The molecule has 2 aromatic rings. The first-order chi connectivity index (χ1) is 10.4. The first kappa shape index (κ1) is 16.5. The van der Waals surface area contributed by atoms with Crippen molar-refractivity contribution in [3.8, 4) is 5.75 Å². The van der Waals surface area contributed by atoms with E-state index in [1.807, 2.05) is 29.6 Å². The van der Waals surface area contributed by atoms with Crippen molar-refractivity contribution in [3.05, 3.63) is 40.9 Å². The summed E-state index contributed by atoms with van der Waals surface area (Å²) in [4.78, 5) is 16.5. The molecule has 1 aromatic carbocycles. The summed E-state index contributed by atoms with van der Waals surface area (Å²) in [7, 11) is 1.64. The fourth-order valence-corrected chi connectivity index (χ4v) is 2.86. The number of rotatable bonds is 5. The van der Waals surface area contributed by atoms with E-state index < -0.39 is 0 Å². The van der Waals surface area contributed by atoms with Gasteiger partial charge in [0.05, 0.1) is 12.8 Å². The SMILES string of the molecule is COc1ccc(CCC(=O)Nc2nc(C(C)(C)C)cs2)cc1. The maximum absolute atomic E-state index is 12.0. The van der Waals surface area contributed by atoms with Gasteiger partial charge in [-0.15, -0.1) is 11.3 Å². The van der Waals surface area contributed by atoms with Crippen LogP contribution in [0.1, 0.15) is 38.4 Å². The molecule has 0 aliphatic heterocycles. The molecule has 0 aliphatic rings. The van der Waals surface area contributed by atoms with Crippen molar-refractivity contribution in [2.24, 2.45) is 0 Å². The lowest BCUT2D eigenvalue weighted by molar-refractivity contribution is -0.116. The standard InChI is InChI=1S/C17H22N2O2S/c1-17(2,3)14-11-22-16(18-14)19-15(20)10-7-12-5-8-13(21-4)9-6-12/h5-6,8-9,11H,7,10H2,1-4H3,(H,18,19,20). The summed E-state index contributed by atoms with van der Waals surface area (Å²) in [6.07, 6.45) is 1.14. The summed E-state index contributed by atoms with van der Waals surface area (Å²) in [5.41, 5.74) is 2.12. The Bertz CT molecular complexity index is 627. The molecule has 1 heterocycles. The molecule has 0 saturated carbocycles. The molecule has 1 aromatic heterocycles. The number of nitrogens with zero attached hydrogens (tertiary/aromatic N) is 1. The molecular formula is C17H22N2O2S. The van der Waals surface area contributed by atoms with E-state index in [0.717, 1.165) is 17.0 Å². The monoisotopic (exact) mass is 318 g/mol. The average Bonchev–Trinajstić information content (AvgIpc) is 2.94. The Morgan fingerprint density at radius 3 is 2.50 bits per heavy atom. The molecule has 0 fully saturated rings. The van der Waals surface area contributed by atoms with Gasteiger partial charge in [-0.2, -0.15) is 0 Å². The topological polar surface area (TPSA) is 51.2 Å². The Kier molecular flexibility index (Phi) is 5.19. The Morgan fingerprint density at radius 2 is 1.95 bits per heavy atom. The van der Waals surface area contributed by atoms with Crippen LogP contribution in [0.15, 0.2) is 29.6 Å². The Morgan fingerprint density at radius 1 is 1.27 bits per heavy atom. The molecular weight excluding hydrogens is 296 g/mol. The van der Waals surface area contributed by atoms with Crippen molar-refractivity contribution in [1.29, 1.82) is 0 Å². The van der Waals surface area contributed by atoms with Crippen LogP contribution in [0, 0.1) is 0 Å². The van der Waals surface area contributed by atoms with Crippen LogP contribution in [-0.4, -0.2) is 18.0 Å². The molecule has 5 heteroatoms. The molecule has 0 radical (unpaired) electrons. The highest BCUT2D eigenvalue weighted by atomic mass is 32.1. The van der Waals surface area contributed by atoms with E-state index in [1.54, 1.807) is 7.11 Å². The largest absolute Gasteiger partial charge is 0.497 e. The smallest absolute Gasteiger partial charge is 0.226 e. The number of benzene rings is 1. The Hall–Kier alpha value is -1.88. The third-order valence-corrected chi connectivity index (χ3v) is 4.08. The lowest BCUT2D eigenvalue weighted by atomic mass is 9.93. The molecule has 2 rings (SSSR count). The third kappa shape index (κ3) is 4.56. The lowest BCUT2D eigenvalue weighted by Crippen LogP contribution is -2.14. The van der Waals surface area contributed by atoms with E-state index in [9.17, 15) is 4.79 Å². The van der Waals surface area contributed by atoms with E-state index in [0.29, 0.717) is 18.0 Å². The number of thiazole rings is 1. The molecule has 22 heavy (non-hydrogen) atoms. The molecule has 0 bridgehead atoms. The van der Waals surface area contributed by atoms with E-state index in [2.05, 4.69) is 31.1 Å². The summed E-state index contributed by atoms with van der Waals surface area (Å²) in [6, 6.07) is 7.77. The van der Waals surface area contributed by atoms with Gasteiger partial charge >= 0.3 is 0 Å². The summed E-state index contributed by atoms with van der Waals surface area (Å²) in [5, 5.41) is 5.54. The minimum atomic E-state index is -0.00868. The molecule has 1 amide bonds. The summed E-state index contributed by atoms with van der Waals surface area (Å²) < 4.78 is 5.12. The van der Waals surface area contributed by atoms with Crippen molar-refractivity contribution in [2.75, 3.05) is 12.4 Å². The predicted octanol–water partition coefficient (Wildman–Crippen LogP) is 4.02. The van der Waals surface area contributed by atoms with Crippen LogP contribution in [0.2, 0.25) is 0 Å². The van der Waals surface area contributed by atoms with Gasteiger partial charge in [0, 0.05) is 17.2 Å². The van der Waals surface area contributed by atoms with Gasteiger partial charge in [-0.25, -0.2) is 4.98 Å². The van der Waals surface area contributed by atoms with Gasteiger partial charge in [-0.05, 0) is 24.1 Å². The molecule has 0 aliphatic carbocycles. The normalized spacial score (nSPS) is 11.3. The molecule has 0 saturated heterocycles. The van der Waals surface area contributed by atoms with Crippen LogP contribution >= 0.6 is 11.3 Å². The highest BCUT2D eigenvalue weighted by molar-refractivity contribution is 7.13. The quantitative estimate of drug-likeness (QED) is 0.906. The fraction of sp³-hybridized carbons (Fsp3) is 0.412. The molecule has 4 nitrogen and oxygen atoms in total. The molecule has 0 atom stereocenters. The molecule has 0 spiro atoms. The van der Waals surface area contributed by atoms with Gasteiger partial charge in [0.15, 0.2) is 5.13 Å². The maximum Gasteiger partial charge on any atom is 0.226 e. The minimum absolute atomic E-state index is 0.00255. The zero-order valence-corrected chi connectivity index (χ0v) is 14.3. The number of aryl methyl sites for hydroxylation is 1. The highest BCUT2D eigenvalue weighted by Crippen LogP contribution is 2.26. The number of carbonyl (C=O) groups excluding carboxylic acids is 1. The van der Waals surface area contributed by atoms with Crippen LogP contribution in [0.5, 0.6) is 5.75 Å². The summed E-state index contributed by atoms with van der Waals surface area (Å²) in [6.45, 7) is 6.33. The number of carbonyl (C=O) groups is 1. The second kappa shape index (κ2) is 6.92. The predicted molar refractivity (Wildman–Crippen MR) is 90.8 cm³/mol. The number of anilines is 1. The van der Waals surface area contributed by atoms with Crippen LogP contribution in [0.25, 0.3) is 0 Å². The lowest BCUT2D eigenvalue weighted by Gasteiger charge is -2.14. The molecule has 1 N–H and O–H groups in total. The summed E-state index contributed by atoms with van der Waals surface area (Å²) in [5.74, 6) is 0.816. The first-order valence-electron chi connectivity index (χ1n) is 7.27. The molecule has 118 valence electrons. The number of ether oxygens (including phenoxy) is 1. The number of hydrogen-bond donors (Lipinski definition) is 1. The van der Waals surface area contributed by atoms with Crippen LogP contribution < -0.4 is 10.1 Å². The van der Waals surface area contributed by atoms with Crippen molar-refractivity contribution in [3.63, 3.8) is 0 Å². The second-order valence-corrected chi connectivity index (χ2v) is 7.04. The van der Waals surface area contributed by atoms with E-state index >= 15 is 0 Å². The zero-order valence-electron chi connectivity index (χ0n) is 13.5. The first-order valence-corrected chi connectivity index (χ1v) is 8.15. The maximum atomic E-state index is 12.0. The summed E-state index contributed by atoms with van der Waals surface area (Å²) >= 11 is 1.47. The van der Waals surface area contributed by atoms with E-state index in [-0.39, 0.29) is 11.3 Å². The van der Waals surface area contributed by atoms with Gasteiger partial charge in [-0.1, -0.05) is 32.9 Å². The van der Waals surface area contributed by atoms with Crippen molar-refractivity contribution in [2.45, 2.75) is 39.0 Å². The Balaban J connectivity index is 1.86. The fourth-order valence-electron chi connectivity index (χ4n) is 1.91. The minimum Gasteiger partial charge on any atom is -0.497 e. The highest BCUT2D eigenvalue weighted by Gasteiger charge is 2.18. The third-order valence-electron chi connectivity index (χ3n) is 3.32. The molecule has 0 unspecified atom stereocenters.